The molecule has 0 amide bonds. The number of ether oxygens (including phenoxy) is 3. The molecule has 0 aliphatic carbocycles. The van der Waals surface area contributed by atoms with E-state index in [0.29, 0.717) is 23.7 Å². The summed E-state index contributed by atoms with van der Waals surface area (Å²) in [4.78, 5) is 11.5. The fourth-order valence-electron chi connectivity index (χ4n) is 2.18. The van der Waals surface area contributed by atoms with Gasteiger partial charge in [0.15, 0.2) is 11.5 Å². The Bertz CT molecular complexity index is 595. The summed E-state index contributed by atoms with van der Waals surface area (Å²) in [5, 5.41) is 0. The van der Waals surface area contributed by atoms with Crippen LogP contribution >= 0.6 is 15.9 Å². The van der Waals surface area contributed by atoms with Crippen molar-refractivity contribution in [3.05, 3.63) is 23.5 Å². The Hall–Kier alpha value is -1.30. The van der Waals surface area contributed by atoms with Gasteiger partial charge < -0.3 is 14.2 Å². The van der Waals surface area contributed by atoms with Gasteiger partial charge >= 0.3 is 5.97 Å². The molecule has 4 nitrogen and oxygen atoms in total. The first-order valence-corrected chi connectivity index (χ1v) is 8.50. The van der Waals surface area contributed by atoms with Gasteiger partial charge in [-0.2, -0.15) is 0 Å². The summed E-state index contributed by atoms with van der Waals surface area (Å²) in [6.45, 7) is 9.72. The van der Waals surface area contributed by atoms with Crippen molar-refractivity contribution in [3.63, 3.8) is 0 Å². The summed E-state index contributed by atoms with van der Waals surface area (Å²) in [7, 11) is 0. The van der Waals surface area contributed by atoms with Crippen LogP contribution in [0.5, 0.6) is 11.5 Å². The first kappa shape index (κ1) is 18.0. The van der Waals surface area contributed by atoms with Gasteiger partial charge in [-0.1, -0.05) is 29.8 Å². The van der Waals surface area contributed by atoms with E-state index in [1.807, 2.05) is 13.8 Å². The molecule has 0 fully saturated rings. The molecule has 1 aliphatic heterocycles. The topological polar surface area (TPSA) is 44.8 Å². The Balaban J connectivity index is 2.35. The molecule has 0 radical (unpaired) electrons. The van der Waals surface area contributed by atoms with Gasteiger partial charge in [-0.05, 0) is 32.8 Å². The van der Waals surface area contributed by atoms with Crippen LogP contribution in [-0.2, 0) is 9.53 Å². The van der Waals surface area contributed by atoms with E-state index in [2.05, 4.69) is 15.9 Å². The molecule has 0 saturated carbocycles. The first-order valence-electron chi connectivity index (χ1n) is 7.58. The predicted octanol–water partition coefficient (Wildman–Crippen LogP) is 4.40. The molecule has 1 aromatic carbocycles. The lowest BCUT2D eigenvalue weighted by molar-refractivity contribution is -0.154. The molecule has 23 heavy (non-hydrogen) atoms. The van der Waals surface area contributed by atoms with E-state index in [9.17, 15) is 9.18 Å². The maximum absolute atomic E-state index is 13.9. The summed E-state index contributed by atoms with van der Waals surface area (Å²) in [5.74, 6) is -0.0516. The standard InChI is InChI=1S/C17H22BrFO4/c1-9(2)13-8-21-12-7-10(19)6-11(15(12)22-13)14(18)16(20)23-17(3,4)5/h6-7,9,13-14H,8H2,1-5H3/t13-,14?/m0/s1. The summed E-state index contributed by atoms with van der Waals surface area (Å²) in [5.41, 5.74) is -0.256. The van der Waals surface area contributed by atoms with Gasteiger partial charge in [0.1, 0.15) is 29.0 Å². The molecule has 2 rings (SSSR count). The fraction of sp³-hybridized carbons (Fsp3) is 0.588. The number of fused-ring (bicyclic) bond motifs is 1. The summed E-state index contributed by atoms with van der Waals surface area (Å²) >= 11 is 3.30. The highest BCUT2D eigenvalue weighted by Gasteiger charge is 2.33. The average molecular weight is 389 g/mol. The molecule has 0 bridgehead atoms. The highest BCUT2D eigenvalue weighted by molar-refractivity contribution is 9.09. The van der Waals surface area contributed by atoms with Crippen LogP contribution in [-0.4, -0.2) is 24.3 Å². The Morgan fingerprint density at radius 2 is 2.04 bits per heavy atom. The summed E-state index contributed by atoms with van der Waals surface area (Å²) < 4.78 is 30.8. The smallest absolute Gasteiger partial charge is 0.324 e. The molecular weight excluding hydrogens is 367 g/mol. The van der Waals surface area contributed by atoms with Gasteiger partial charge in [0, 0.05) is 11.6 Å². The SMILES string of the molecule is CC(C)[C@@H]1COc2cc(F)cc(C(Br)C(=O)OC(C)(C)C)c2O1. The third-order valence-corrected chi connectivity index (χ3v) is 4.22. The van der Waals surface area contributed by atoms with Crippen LogP contribution < -0.4 is 9.47 Å². The molecule has 6 heteroatoms. The number of hydrogen-bond donors (Lipinski definition) is 0. The van der Waals surface area contributed by atoms with E-state index < -0.39 is 22.2 Å². The number of rotatable bonds is 3. The molecule has 0 saturated heterocycles. The molecule has 1 heterocycles. The fourth-order valence-corrected chi connectivity index (χ4v) is 2.61. The van der Waals surface area contributed by atoms with Gasteiger partial charge in [0.25, 0.3) is 0 Å². The number of carbonyl (C=O) groups excluding carboxylic acids is 1. The quantitative estimate of drug-likeness (QED) is 0.568. The van der Waals surface area contributed by atoms with Crippen LogP contribution in [0.25, 0.3) is 0 Å². The van der Waals surface area contributed by atoms with E-state index >= 15 is 0 Å². The molecule has 0 spiro atoms. The first-order chi connectivity index (χ1) is 10.6. The van der Waals surface area contributed by atoms with E-state index in [0.717, 1.165) is 0 Å². The van der Waals surface area contributed by atoms with Gasteiger partial charge in [0.2, 0.25) is 0 Å². The third kappa shape index (κ3) is 4.37. The second-order valence-electron chi connectivity index (χ2n) is 6.93. The minimum Gasteiger partial charge on any atom is -0.486 e. The molecule has 0 N–H and O–H groups in total. The molecular formula is C17H22BrFO4. The number of hydrogen-bond acceptors (Lipinski definition) is 4. The second kappa shape index (κ2) is 6.67. The molecule has 128 valence electrons. The van der Waals surface area contributed by atoms with Crippen molar-refractivity contribution < 1.29 is 23.4 Å². The zero-order valence-corrected chi connectivity index (χ0v) is 15.6. The molecule has 1 aromatic rings. The van der Waals surface area contributed by atoms with E-state index in [-0.39, 0.29) is 12.0 Å². The monoisotopic (exact) mass is 388 g/mol. The lowest BCUT2D eigenvalue weighted by Crippen LogP contribution is -2.34. The van der Waals surface area contributed by atoms with E-state index in [1.165, 1.54) is 12.1 Å². The van der Waals surface area contributed by atoms with Crippen LogP contribution in [0.15, 0.2) is 12.1 Å². The van der Waals surface area contributed by atoms with Crippen molar-refractivity contribution in [2.75, 3.05) is 6.61 Å². The minimum atomic E-state index is -0.833. The average Bonchev–Trinajstić information content (AvgIpc) is 2.43. The zero-order valence-electron chi connectivity index (χ0n) is 14.0. The summed E-state index contributed by atoms with van der Waals surface area (Å²) in [6.07, 6.45) is -0.148. The lowest BCUT2D eigenvalue weighted by atomic mass is 10.0. The number of carbonyl (C=O) groups is 1. The van der Waals surface area contributed by atoms with E-state index in [4.69, 9.17) is 14.2 Å². The Morgan fingerprint density at radius 3 is 2.61 bits per heavy atom. The van der Waals surface area contributed by atoms with Crippen molar-refractivity contribution in [1.82, 2.24) is 0 Å². The maximum atomic E-state index is 13.9. The minimum absolute atomic E-state index is 0.148. The number of halogens is 2. The Kier molecular flexibility index (Phi) is 5.23. The highest BCUT2D eigenvalue weighted by atomic mass is 79.9. The van der Waals surface area contributed by atoms with Crippen molar-refractivity contribution in [2.45, 2.75) is 51.2 Å². The van der Waals surface area contributed by atoms with Crippen LogP contribution in [0.3, 0.4) is 0 Å². The number of esters is 1. The number of benzene rings is 1. The Labute approximate surface area is 144 Å². The zero-order chi connectivity index (χ0) is 17.4. The third-order valence-electron chi connectivity index (χ3n) is 3.35. The molecule has 1 unspecified atom stereocenters. The van der Waals surface area contributed by atoms with E-state index in [1.54, 1.807) is 20.8 Å². The predicted molar refractivity (Wildman–Crippen MR) is 88.7 cm³/mol. The van der Waals surface area contributed by atoms with Crippen molar-refractivity contribution in [3.8, 4) is 11.5 Å². The van der Waals surface area contributed by atoms with Gasteiger partial charge in [-0.15, -0.1) is 0 Å². The van der Waals surface area contributed by atoms with Crippen molar-refractivity contribution in [2.24, 2.45) is 5.92 Å². The number of alkyl halides is 1. The van der Waals surface area contributed by atoms with Crippen LogP contribution in [0.2, 0.25) is 0 Å². The van der Waals surface area contributed by atoms with Crippen molar-refractivity contribution >= 4 is 21.9 Å². The van der Waals surface area contributed by atoms with Crippen LogP contribution in [0.1, 0.15) is 45.0 Å². The Morgan fingerprint density at radius 1 is 1.39 bits per heavy atom. The largest absolute Gasteiger partial charge is 0.486 e. The van der Waals surface area contributed by atoms with Crippen LogP contribution in [0, 0.1) is 11.7 Å². The second-order valence-corrected chi connectivity index (χ2v) is 7.85. The molecule has 0 aromatic heterocycles. The normalized spacial score (nSPS) is 18.7. The van der Waals surface area contributed by atoms with Crippen LogP contribution in [0.4, 0.5) is 4.39 Å². The lowest BCUT2D eigenvalue weighted by Gasteiger charge is -2.31. The van der Waals surface area contributed by atoms with Gasteiger partial charge in [-0.3, -0.25) is 4.79 Å². The highest BCUT2D eigenvalue weighted by Crippen LogP contribution is 2.43. The molecule has 1 aliphatic rings. The maximum Gasteiger partial charge on any atom is 0.324 e. The summed E-state index contributed by atoms with van der Waals surface area (Å²) in [6, 6.07) is 2.54. The van der Waals surface area contributed by atoms with Gasteiger partial charge in [-0.25, -0.2) is 4.39 Å². The molecule has 2 atom stereocenters. The van der Waals surface area contributed by atoms with Crippen molar-refractivity contribution in [1.29, 1.82) is 0 Å². The van der Waals surface area contributed by atoms with Gasteiger partial charge in [0.05, 0.1) is 0 Å².